The molecule has 0 aromatic rings. The minimum atomic E-state index is 0.248. The van der Waals surface area contributed by atoms with Crippen LogP contribution in [0.5, 0.6) is 0 Å². The second kappa shape index (κ2) is 10.5. The predicted octanol–water partition coefficient (Wildman–Crippen LogP) is 1.31. The van der Waals surface area contributed by atoms with Gasteiger partial charge in [0.1, 0.15) is 0 Å². The Balaban J connectivity index is 3.84. The Bertz CT molecular complexity index is 193. The summed E-state index contributed by atoms with van der Waals surface area (Å²) >= 11 is 0. The average molecular weight is 243 g/mol. The van der Waals surface area contributed by atoms with Crippen molar-refractivity contribution in [2.24, 2.45) is 5.73 Å². The molecule has 17 heavy (non-hydrogen) atoms. The van der Waals surface area contributed by atoms with Gasteiger partial charge >= 0.3 is 0 Å². The molecule has 4 heteroatoms. The monoisotopic (exact) mass is 243 g/mol. The molecule has 0 aliphatic heterocycles. The SMILES string of the molecule is CCN(CC)CCCN(CC)C(=O)CCCN. The molecule has 0 bridgehead atoms. The van der Waals surface area contributed by atoms with Crippen LogP contribution in [0.4, 0.5) is 0 Å². The largest absolute Gasteiger partial charge is 0.343 e. The van der Waals surface area contributed by atoms with E-state index in [-0.39, 0.29) is 5.91 Å². The number of carbonyl (C=O) groups is 1. The lowest BCUT2D eigenvalue weighted by Gasteiger charge is -2.23. The molecule has 4 nitrogen and oxygen atoms in total. The maximum atomic E-state index is 11.8. The average Bonchev–Trinajstić information content (AvgIpc) is 2.36. The van der Waals surface area contributed by atoms with Crippen molar-refractivity contribution in [2.75, 3.05) is 39.3 Å². The molecular formula is C13H29N3O. The highest BCUT2D eigenvalue weighted by Gasteiger charge is 2.10. The zero-order chi connectivity index (χ0) is 13.1. The van der Waals surface area contributed by atoms with Crippen molar-refractivity contribution in [3.05, 3.63) is 0 Å². The molecule has 0 spiro atoms. The van der Waals surface area contributed by atoms with Crippen LogP contribution in [-0.2, 0) is 4.79 Å². The maximum absolute atomic E-state index is 11.8. The van der Waals surface area contributed by atoms with Crippen molar-refractivity contribution in [3.63, 3.8) is 0 Å². The quantitative estimate of drug-likeness (QED) is 0.629. The first-order valence-electron chi connectivity index (χ1n) is 6.89. The molecule has 0 unspecified atom stereocenters. The second-order valence-corrected chi connectivity index (χ2v) is 4.25. The summed E-state index contributed by atoms with van der Waals surface area (Å²) in [5, 5.41) is 0. The van der Waals surface area contributed by atoms with Crippen molar-refractivity contribution in [2.45, 2.75) is 40.0 Å². The normalized spacial score (nSPS) is 10.9. The molecule has 0 saturated carbocycles. The van der Waals surface area contributed by atoms with Gasteiger partial charge in [-0.05, 0) is 45.9 Å². The number of hydrogen-bond donors (Lipinski definition) is 1. The summed E-state index contributed by atoms with van der Waals surface area (Å²) in [6.07, 6.45) is 2.45. The fourth-order valence-electron chi connectivity index (χ4n) is 1.90. The summed E-state index contributed by atoms with van der Waals surface area (Å²) in [6.45, 7) is 11.9. The van der Waals surface area contributed by atoms with Gasteiger partial charge < -0.3 is 15.5 Å². The van der Waals surface area contributed by atoms with Gasteiger partial charge in [-0.2, -0.15) is 0 Å². The van der Waals surface area contributed by atoms with Gasteiger partial charge in [-0.3, -0.25) is 4.79 Å². The van der Waals surface area contributed by atoms with Crippen molar-refractivity contribution in [1.29, 1.82) is 0 Å². The van der Waals surface area contributed by atoms with Crippen LogP contribution in [0.25, 0.3) is 0 Å². The van der Waals surface area contributed by atoms with E-state index in [0.717, 1.165) is 45.6 Å². The zero-order valence-electron chi connectivity index (χ0n) is 11.7. The van der Waals surface area contributed by atoms with Crippen LogP contribution in [-0.4, -0.2) is 55.0 Å². The molecule has 1 amide bonds. The van der Waals surface area contributed by atoms with E-state index in [1.807, 2.05) is 11.8 Å². The van der Waals surface area contributed by atoms with Gasteiger partial charge in [0, 0.05) is 19.5 Å². The van der Waals surface area contributed by atoms with Gasteiger partial charge in [0.15, 0.2) is 0 Å². The van der Waals surface area contributed by atoms with Gasteiger partial charge in [0.2, 0.25) is 5.91 Å². The van der Waals surface area contributed by atoms with Gasteiger partial charge in [0.05, 0.1) is 0 Å². The van der Waals surface area contributed by atoms with E-state index >= 15 is 0 Å². The Labute approximate surface area is 106 Å². The number of nitrogens with two attached hydrogens (primary N) is 1. The highest BCUT2D eigenvalue weighted by molar-refractivity contribution is 5.76. The molecule has 0 heterocycles. The van der Waals surface area contributed by atoms with E-state index in [2.05, 4.69) is 18.7 Å². The zero-order valence-corrected chi connectivity index (χ0v) is 11.7. The van der Waals surface area contributed by atoms with Crippen molar-refractivity contribution in [3.8, 4) is 0 Å². The van der Waals surface area contributed by atoms with Crippen LogP contribution in [0.1, 0.15) is 40.0 Å². The topological polar surface area (TPSA) is 49.6 Å². The Morgan fingerprint density at radius 3 is 2.12 bits per heavy atom. The molecule has 0 atom stereocenters. The minimum absolute atomic E-state index is 0.248. The van der Waals surface area contributed by atoms with Gasteiger partial charge in [-0.25, -0.2) is 0 Å². The summed E-state index contributed by atoms with van der Waals surface area (Å²) < 4.78 is 0. The molecule has 0 aromatic carbocycles. The molecule has 0 saturated heterocycles. The number of rotatable bonds is 10. The molecule has 0 radical (unpaired) electrons. The van der Waals surface area contributed by atoms with Crippen LogP contribution in [0.3, 0.4) is 0 Å². The first kappa shape index (κ1) is 16.4. The van der Waals surface area contributed by atoms with E-state index < -0.39 is 0 Å². The van der Waals surface area contributed by atoms with Crippen LogP contribution in [0, 0.1) is 0 Å². The lowest BCUT2D eigenvalue weighted by atomic mass is 10.2. The molecule has 2 N–H and O–H groups in total. The van der Waals surface area contributed by atoms with E-state index in [1.165, 1.54) is 0 Å². The maximum Gasteiger partial charge on any atom is 0.222 e. The third kappa shape index (κ3) is 7.34. The van der Waals surface area contributed by atoms with Crippen molar-refractivity contribution >= 4 is 5.91 Å². The van der Waals surface area contributed by atoms with Crippen LogP contribution in [0.2, 0.25) is 0 Å². The standard InChI is InChI=1S/C13H29N3O/c1-4-15(5-2)11-8-12-16(6-3)13(17)9-7-10-14/h4-12,14H2,1-3H3. The van der Waals surface area contributed by atoms with Crippen molar-refractivity contribution in [1.82, 2.24) is 9.80 Å². The smallest absolute Gasteiger partial charge is 0.222 e. The molecule has 0 aliphatic rings. The highest BCUT2D eigenvalue weighted by atomic mass is 16.2. The fraction of sp³-hybridized carbons (Fsp3) is 0.923. The summed E-state index contributed by atoms with van der Waals surface area (Å²) in [4.78, 5) is 16.1. The number of nitrogens with zero attached hydrogens (tertiary/aromatic N) is 2. The lowest BCUT2D eigenvalue weighted by Crippen LogP contribution is -2.34. The van der Waals surface area contributed by atoms with E-state index in [1.54, 1.807) is 0 Å². The van der Waals surface area contributed by atoms with Crippen LogP contribution >= 0.6 is 0 Å². The summed E-state index contributed by atoms with van der Waals surface area (Å²) in [5.41, 5.74) is 5.42. The third-order valence-corrected chi connectivity index (χ3v) is 3.13. The van der Waals surface area contributed by atoms with Crippen LogP contribution in [0.15, 0.2) is 0 Å². The minimum Gasteiger partial charge on any atom is -0.343 e. The molecule has 102 valence electrons. The number of carbonyl (C=O) groups excluding carboxylic acids is 1. The Morgan fingerprint density at radius 2 is 1.65 bits per heavy atom. The van der Waals surface area contributed by atoms with Crippen LogP contribution < -0.4 is 5.73 Å². The number of hydrogen-bond acceptors (Lipinski definition) is 3. The second-order valence-electron chi connectivity index (χ2n) is 4.25. The Morgan fingerprint density at radius 1 is 1.00 bits per heavy atom. The van der Waals surface area contributed by atoms with E-state index in [4.69, 9.17) is 5.73 Å². The molecule has 0 aliphatic carbocycles. The number of amides is 1. The first-order valence-corrected chi connectivity index (χ1v) is 6.89. The summed E-state index contributed by atoms with van der Waals surface area (Å²) in [6, 6.07) is 0. The molecule has 0 fully saturated rings. The third-order valence-electron chi connectivity index (χ3n) is 3.13. The highest BCUT2D eigenvalue weighted by Crippen LogP contribution is 2.00. The Hall–Kier alpha value is -0.610. The van der Waals surface area contributed by atoms with Gasteiger partial charge in [-0.1, -0.05) is 13.8 Å². The fourth-order valence-corrected chi connectivity index (χ4v) is 1.90. The molecule has 0 aromatic heterocycles. The molecular weight excluding hydrogens is 214 g/mol. The van der Waals surface area contributed by atoms with Gasteiger partial charge in [-0.15, -0.1) is 0 Å². The lowest BCUT2D eigenvalue weighted by molar-refractivity contribution is -0.131. The Kier molecular flexibility index (Phi) is 10.2. The first-order chi connectivity index (χ1) is 8.19. The molecule has 0 rings (SSSR count). The van der Waals surface area contributed by atoms with E-state index in [9.17, 15) is 4.79 Å². The summed E-state index contributed by atoms with van der Waals surface area (Å²) in [5.74, 6) is 0.248. The van der Waals surface area contributed by atoms with Crippen molar-refractivity contribution < 1.29 is 4.79 Å². The van der Waals surface area contributed by atoms with Gasteiger partial charge in [0.25, 0.3) is 0 Å². The summed E-state index contributed by atoms with van der Waals surface area (Å²) in [7, 11) is 0. The van der Waals surface area contributed by atoms with E-state index in [0.29, 0.717) is 13.0 Å². The predicted molar refractivity (Wildman–Crippen MR) is 72.9 cm³/mol.